The van der Waals surface area contributed by atoms with Crippen molar-refractivity contribution >= 4 is 33.5 Å². The van der Waals surface area contributed by atoms with Gasteiger partial charge in [0.25, 0.3) is 0 Å². The molecule has 0 atom stereocenters. The first kappa shape index (κ1) is 14.8. The largest absolute Gasteiger partial charge is 0.487 e. The lowest BCUT2D eigenvalue weighted by Crippen LogP contribution is -2.03. The second-order valence-electron chi connectivity index (χ2n) is 3.98. The van der Waals surface area contributed by atoms with Crippen molar-refractivity contribution in [2.24, 2.45) is 0 Å². The number of aromatic carboxylic acids is 1. The molecule has 0 aromatic heterocycles. The van der Waals surface area contributed by atoms with Crippen LogP contribution in [0.1, 0.15) is 15.9 Å². The number of ether oxygens (including phenoxy) is 1. The Morgan fingerprint density at radius 2 is 2.05 bits per heavy atom. The van der Waals surface area contributed by atoms with E-state index in [-0.39, 0.29) is 12.2 Å². The van der Waals surface area contributed by atoms with Gasteiger partial charge in [0, 0.05) is 4.47 Å². The Kier molecular flexibility index (Phi) is 4.62. The van der Waals surface area contributed by atoms with E-state index in [1.807, 2.05) is 0 Å². The summed E-state index contributed by atoms with van der Waals surface area (Å²) in [6.45, 7) is 0.0991. The van der Waals surface area contributed by atoms with E-state index in [0.717, 1.165) is 10.5 Å². The lowest BCUT2D eigenvalue weighted by Gasteiger charge is -2.09. The van der Waals surface area contributed by atoms with Gasteiger partial charge in [-0.15, -0.1) is 0 Å². The van der Waals surface area contributed by atoms with Crippen LogP contribution in [0, 0.1) is 5.82 Å². The minimum absolute atomic E-state index is 0.0991. The van der Waals surface area contributed by atoms with E-state index in [2.05, 4.69) is 15.9 Å². The van der Waals surface area contributed by atoms with Crippen LogP contribution in [-0.4, -0.2) is 11.1 Å². The summed E-state index contributed by atoms with van der Waals surface area (Å²) in [6, 6.07) is 8.96. The molecule has 2 rings (SSSR count). The van der Waals surface area contributed by atoms with Gasteiger partial charge in [-0.1, -0.05) is 33.6 Å². The molecule has 0 bridgehead atoms. The van der Waals surface area contributed by atoms with E-state index in [9.17, 15) is 9.18 Å². The minimum atomic E-state index is -1.31. The Bertz CT molecular complexity index is 661. The number of hydrogen-bond donors (Lipinski definition) is 1. The van der Waals surface area contributed by atoms with Crippen LogP contribution in [0.2, 0.25) is 5.02 Å². The maximum atomic E-state index is 13.2. The van der Waals surface area contributed by atoms with Crippen molar-refractivity contribution in [2.45, 2.75) is 6.61 Å². The highest BCUT2D eigenvalue weighted by atomic mass is 79.9. The zero-order valence-corrected chi connectivity index (χ0v) is 12.4. The van der Waals surface area contributed by atoms with Gasteiger partial charge >= 0.3 is 5.97 Å². The van der Waals surface area contributed by atoms with Gasteiger partial charge in [0.2, 0.25) is 0 Å². The summed E-state index contributed by atoms with van der Waals surface area (Å²) >= 11 is 9.27. The predicted octanol–water partition coefficient (Wildman–Crippen LogP) is 4.52. The maximum absolute atomic E-state index is 13.2. The third-order valence-electron chi connectivity index (χ3n) is 2.55. The third-order valence-corrected chi connectivity index (χ3v) is 3.34. The molecule has 1 N–H and O–H groups in total. The van der Waals surface area contributed by atoms with Crippen LogP contribution >= 0.6 is 27.5 Å². The summed E-state index contributed by atoms with van der Waals surface area (Å²) in [4.78, 5) is 10.8. The number of benzene rings is 2. The molecule has 0 spiro atoms. The molecule has 0 saturated heterocycles. The second kappa shape index (κ2) is 6.24. The van der Waals surface area contributed by atoms with E-state index in [0.29, 0.717) is 16.3 Å². The van der Waals surface area contributed by atoms with Crippen molar-refractivity contribution in [3.63, 3.8) is 0 Å². The van der Waals surface area contributed by atoms with Crippen molar-refractivity contribution in [1.82, 2.24) is 0 Å². The van der Waals surface area contributed by atoms with Crippen LogP contribution in [0.15, 0.2) is 40.9 Å². The first-order chi connectivity index (χ1) is 9.47. The van der Waals surface area contributed by atoms with Crippen LogP contribution < -0.4 is 4.74 Å². The van der Waals surface area contributed by atoms with Crippen LogP contribution in [0.25, 0.3) is 0 Å². The summed E-state index contributed by atoms with van der Waals surface area (Å²) in [5, 5.41) is 9.27. The van der Waals surface area contributed by atoms with E-state index in [4.69, 9.17) is 21.4 Å². The molecule has 0 aliphatic heterocycles. The predicted molar refractivity (Wildman–Crippen MR) is 76.8 cm³/mol. The Hall–Kier alpha value is -1.59. The molecule has 20 heavy (non-hydrogen) atoms. The molecule has 3 nitrogen and oxygen atoms in total. The lowest BCUT2D eigenvalue weighted by molar-refractivity contribution is 0.0691. The molecular weight excluding hydrogens is 351 g/mol. The number of rotatable bonds is 4. The monoisotopic (exact) mass is 358 g/mol. The number of carboxylic acids is 1. The molecule has 2 aromatic rings. The summed E-state index contributed by atoms with van der Waals surface area (Å²) < 4.78 is 19.6. The molecule has 6 heteroatoms. The maximum Gasteiger partial charge on any atom is 0.338 e. The van der Waals surface area contributed by atoms with E-state index in [1.54, 1.807) is 18.2 Å². The van der Waals surface area contributed by atoms with Gasteiger partial charge in [-0.3, -0.25) is 0 Å². The smallest absolute Gasteiger partial charge is 0.338 e. The van der Waals surface area contributed by atoms with Gasteiger partial charge in [-0.25, -0.2) is 9.18 Å². The zero-order chi connectivity index (χ0) is 14.7. The average Bonchev–Trinajstić information content (AvgIpc) is 2.39. The van der Waals surface area contributed by atoms with Crippen LogP contribution in [-0.2, 0) is 6.61 Å². The Morgan fingerprint density at radius 1 is 1.30 bits per heavy atom. The SMILES string of the molecule is O=C(O)c1cc(COc2ccc(Br)cc2Cl)ccc1F. The number of carbonyl (C=O) groups is 1. The fourth-order valence-electron chi connectivity index (χ4n) is 1.58. The molecule has 0 aliphatic carbocycles. The van der Waals surface area contributed by atoms with Gasteiger partial charge in [-0.05, 0) is 35.9 Å². The topological polar surface area (TPSA) is 46.5 Å². The van der Waals surface area contributed by atoms with E-state index >= 15 is 0 Å². The summed E-state index contributed by atoms with van der Waals surface area (Å²) in [6.07, 6.45) is 0. The third kappa shape index (κ3) is 3.49. The molecule has 2 aromatic carbocycles. The van der Waals surface area contributed by atoms with Gasteiger partial charge < -0.3 is 9.84 Å². The van der Waals surface area contributed by atoms with E-state index < -0.39 is 11.8 Å². The van der Waals surface area contributed by atoms with Gasteiger partial charge in [0.05, 0.1) is 10.6 Å². The fraction of sp³-hybridized carbons (Fsp3) is 0.0714. The fourth-order valence-corrected chi connectivity index (χ4v) is 2.31. The number of hydrogen-bond acceptors (Lipinski definition) is 2. The molecule has 0 fully saturated rings. The minimum Gasteiger partial charge on any atom is -0.487 e. The van der Waals surface area contributed by atoms with Crippen LogP contribution in [0.4, 0.5) is 4.39 Å². The molecule has 0 heterocycles. The molecule has 0 radical (unpaired) electrons. The zero-order valence-electron chi connectivity index (χ0n) is 10.1. The van der Waals surface area contributed by atoms with Crippen molar-refractivity contribution in [2.75, 3.05) is 0 Å². The van der Waals surface area contributed by atoms with Gasteiger partial charge in [0.1, 0.15) is 18.2 Å². The van der Waals surface area contributed by atoms with Crippen molar-refractivity contribution < 1.29 is 19.0 Å². The lowest BCUT2D eigenvalue weighted by atomic mass is 10.1. The molecule has 104 valence electrons. The molecular formula is C14H9BrClFO3. The summed E-state index contributed by atoms with van der Waals surface area (Å²) in [7, 11) is 0. The van der Waals surface area contributed by atoms with E-state index in [1.165, 1.54) is 12.1 Å². The van der Waals surface area contributed by atoms with Crippen molar-refractivity contribution in [3.05, 3.63) is 62.8 Å². The van der Waals surface area contributed by atoms with Crippen molar-refractivity contribution in [3.8, 4) is 5.75 Å². The van der Waals surface area contributed by atoms with Crippen molar-refractivity contribution in [1.29, 1.82) is 0 Å². The quantitative estimate of drug-likeness (QED) is 0.873. The molecule has 0 saturated carbocycles. The molecule has 0 amide bonds. The standard InChI is InChI=1S/C14H9BrClFO3/c15-9-2-4-13(11(16)6-9)20-7-8-1-3-12(17)10(5-8)14(18)19/h1-6H,7H2,(H,18,19). The summed E-state index contributed by atoms with van der Waals surface area (Å²) in [5.41, 5.74) is 0.163. The highest BCUT2D eigenvalue weighted by Crippen LogP contribution is 2.28. The average molecular weight is 360 g/mol. The highest BCUT2D eigenvalue weighted by molar-refractivity contribution is 9.10. The Labute approximate surface area is 128 Å². The first-order valence-corrected chi connectivity index (χ1v) is 6.74. The normalized spacial score (nSPS) is 10.3. The summed E-state index contributed by atoms with van der Waals surface area (Å²) in [5.74, 6) is -1.62. The first-order valence-electron chi connectivity index (χ1n) is 5.57. The Morgan fingerprint density at radius 3 is 2.70 bits per heavy atom. The van der Waals surface area contributed by atoms with Gasteiger partial charge in [0.15, 0.2) is 0 Å². The Balaban J connectivity index is 2.15. The van der Waals surface area contributed by atoms with Crippen LogP contribution in [0.3, 0.4) is 0 Å². The molecule has 0 unspecified atom stereocenters. The number of halogens is 3. The van der Waals surface area contributed by atoms with Gasteiger partial charge in [-0.2, -0.15) is 0 Å². The highest BCUT2D eigenvalue weighted by Gasteiger charge is 2.11. The van der Waals surface area contributed by atoms with Crippen LogP contribution in [0.5, 0.6) is 5.75 Å². The molecule has 0 aliphatic rings. The second-order valence-corrected chi connectivity index (χ2v) is 5.31. The number of carboxylic acid groups (broad SMARTS) is 1.